The molecule has 2 amide bonds. The van der Waals surface area contributed by atoms with E-state index >= 15 is 0 Å². The van der Waals surface area contributed by atoms with Crippen molar-refractivity contribution >= 4 is 29.7 Å². The van der Waals surface area contributed by atoms with Gasteiger partial charge in [-0.1, -0.05) is 0 Å². The molecule has 3 aromatic carbocycles. The molecule has 180 valence electrons. The normalized spacial score (nSPS) is 10.5. The maximum atomic E-state index is 12.9. The highest BCUT2D eigenvalue weighted by atomic mass is 19.1. The van der Waals surface area contributed by atoms with Crippen LogP contribution in [-0.4, -0.2) is 37.7 Å². The van der Waals surface area contributed by atoms with Crippen LogP contribution >= 0.6 is 0 Å². The van der Waals surface area contributed by atoms with Gasteiger partial charge in [0.25, 0.3) is 0 Å². The zero-order valence-corrected chi connectivity index (χ0v) is 18.9. The van der Waals surface area contributed by atoms with Gasteiger partial charge in [-0.25, -0.2) is 14.6 Å². The number of ether oxygens (including phenoxy) is 3. The van der Waals surface area contributed by atoms with Crippen LogP contribution in [0.2, 0.25) is 0 Å². The summed E-state index contributed by atoms with van der Waals surface area (Å²) in [4.78, 5) is 36.3. The zero-order valence-electron chi connectivity index (χ0n) is 18.9. The molecule has 0 aliphatic heterocycles. The minimum Gasteiger partial charge on any atom is -0.497 e. The standard InChI is InChI=1S/C25H22FN3O6/c1-3-34-22-14-16(4-13-21(22)35-25(32)17-5-11-20(33-2)12-6-17)15-27-29-24(31)23(30)28-19-9-7-18(26)8-10-19/h4-15H,3H2,1-2H3,(H,28,30)(H,29,31). The molecule has 0 saturated heterocycles. The van der Waals surface area contributed by atoms with E-state index in [9.17, 15) is 18.8 Å². The van der Waals surface area contributed by atoms with Crippen LogP contribution in [0.5, 0.6) is 17.2 Å². The average Bonchev–Trinajstić information content (AvgIpc) is 2.87. The predicted molar refractivity (Wildman–Crippen MR) is 126 cm³/mol. The van der Waals surface area contributed by atoms with E-state index in [-0.39, 0.29) is 11.4 Å². The van der Waals surface area contributed by atoms with Crippen molar-refractivity contribution in [2.75, 3.05) is 19.0 Å². The van der Waals surface area contributed by atoms with E-state index in [2.05, 4.69) is 15.8 Å². The Balaban J connectivity index is 1.62. The lowest BCUT2D eigenvalue weighted by Crippen LogP contribution is -2.32. The Labute approximate surface area is 200 Å². The van der Waals surface area contributed by atoms with Gasteiger partial charge in [0.2, 0.25) is 0 Å². The van der Waals surface area contributed by atoms with Gasteiger partial charge < -0.3 is 19.5 Å². The minimum atomic E-state index is -1.01. The molecular formula is C25H22FN3O6. The van der Waals surface area contributed by atoms with E-state index in [1.54, 1.807) is 43.3 Å². The molecule has 0 fully saturated rings. The van der Waals surface area contributed by atoms with E-state index in [0.29, 0.717) is 29.2 Å². The van der Waals surface area contributed by atoms with Crippen LogP contribution in [0.3, 0.4) is 0 Å². The van der Waals surface area contributed by atoms with Gasteiger partial charge in [-0.05, 0) is 79.2 Å². The molecule has 3 rings (SSSR count). The number of halogens is 1. The average molecular weight is 479 g/mol. The Morgan fingerprint density at radius 2 is 1.66 bits per heavy atom. The van der Waals surface area contributed by atoms with E-state index < -0.39 is 23.6 Å². The topological polar surface area (TPSA) is 115 Å². The number of hydrogen-bond donors (Lipinski definition) is 2. The molecule has 3 aromatic rings. The third-order valence-electron chi connectivity index (χ3n) is 4.48. The summed E-state index contributed by atoms with van der Waals surface area (Å²) in [5.41, 5.74) is 3.21. The molecule has 0 atom stereocenters. The first-order chi connectivity index (χ1) is 16.9. The molecule has 0 saturated carbocycles. The zero-order chi connectivity index (χ0) is 25.2. The molecule has 0 aliphatic rings. The number of hydrogen-bond acceptors (Lipinski definition) is 7. The molecule has 35 heavy (non-hydrogen) atoms. The van der Waals surface area contributed by atoms with Crippen LogP contribution in [0.4, 0.5) is 10.1 Å². The number of nitrogens with one attached hydrogen (secondary N) is 2. The molecule has 0 heterocycles. The number of hydrazone groups is 1. The van der Waals surface area contributed by atoms with Crippen molar-refractivity contribution in [1.82, 2.24) is 5.43 Å². The molecule has 0 spiro atoms. The second kappa shape index (κ2) is 11.9. The predicted octanol–water partition coefficient (Wildman–Crippen LogP) is 3.54. The first kappa shape index (κ1) is 24.9. The number of esters is 1. The van der Waals surface area contributed by atoms with Gasteiger partial charge in [-0.2, -0.15) is 5.10 Å². The third-order valence-corrected chi connectivity index (χ3v) is 4.48. The Hall–Kier alpha value is -4.73. The third kappa shape index (κ3) is 7.13. The summed E-state index contributed by atoms with van der Waals surface area (Å²) in [6, 6.07) is 16.1. The lowest BCUT2D eigenvalue weighted by Gasteiger charge is -2.11. The maximum absolute atomic E-state index is 12.9. The van der Waals surface area contributed by atoms with E-state index in [4.69, 9.17) is 14.2 Å². The van der Waals surface area contributed by atoms with Crippen LogP contribution in [-0.2, 0) is 9.59 Å². The highest BCUT2D eigenvalue weighted by Crippen LogP contribution is 2.29. The summed E-state index contributed by atoms with van der Waals surface area (Å²) < 4.78 is 29.0. The fraction of sp³-hybridized carbons (Fsp3) is 0.120. The Kier molecular flexibility index (Phi) is 8.49. The maximum Gasteiger partial charge on any atom is 0.343 e. The number of carbonyl (C=O) groups excluding carboxylic acids is 3. The van der Waals surface area contributed by atoms with Gasteiger partial charge in [0, 0.05) is 5.69 Å². The number of rotatable bonds is 8. The van der Waals surface area contributed by atoms with Crippen LogP contribution in [0, 0.1) is 5.82 Å². The lowest BCUT2D eigenvalue weighted by molar-refractivity contribution is -0.136. The molecular weight excluding hydrogens is 457 g/mol. The highest BCUT2D eigenvalue weighted by molar-refractivity contribution is 6.39. The summed E-state index contributed by atoms with van der Waals surface area (Å²) in [6.45, 7) is 2.09. The van der Waals surface area contributed by atoms with Crippen LogP contribution in [0.15, 0.2) is 71.8 Å². The van der Waals surface area contributed by atoms with Gasteiger partial charge in [0.1, 0.15) is 11.6 Å². The number of nitrogens with zero attached hydrogens (tertiary/aromatic N) is 1. The number of methoxy groups -OCH3 is 1. The molecule has 0 bridgehead atoms. The largest absolute Gasteiger partial charge is 0.497 e. The van der Waals surface area contributed by atoms with Crippen LogP contribution in [0.1, 0.15) is 22.8 Å². The SMILES string of the molecule is CCOc1cc(C=NNC(=O)C(=O)Nc2ccc(F)cc2)ccc1OC(=O)c1ccc(OC)cc1. The second-order valence-electron chi connectivity index (χ2n) is 6.92. The van der Waals surface area contributed by atoms with Gasteiger partial charge in [0.05, 0.1) is 25.5 Å². The smallest absolute Gasteiger partial charge is 0.343 e. The van der Waals surface area contributed by atoms with Crippen molar-refractivity contribution in [2.45, 2.75) is 6.92 Å². The first-order valence-electron chi connectivity index (χ1n) is 10.4. The van der Waals surface area contributed by atoms with E-state index in [0.717, 1.165) is 12.1 Å². The van der Waals surface area contributed by atoms with Gasteiger partial charge in [-0.15, -0.1) is 0 Å². The molecule has 2 N–H and O–H groups in total. The van der Waals surface area contributed by atoms with Crippen molar-refractivity contribution in [2.24, 2.45) is 5.10 Å². The van der Waals surface area contributed by atoms with Crippen molar-refractivity contribution in [3.8, 4) is 17.2 Å². The fourth-order valence-electron chi connectivity index (χ4n) is 2.78. The van der Waals surface area contributed by atoms with Crippen LogP contribution < -0.4 is 25.0 Å². The first-order valence-corrected chi connectivity index (χ1v) is 10.4. The summed E-state index contributed by atoms with van der Waals surface area (Å²) >= 11 is 0. The van der Waals surface area contributed by atoms with Crippen molar-refractivity contribution in [3.05, 3.63) is 83.7 Å². The summed E-state index contributed by atoms with van der Waals surface area (Å²) in [5.74, 6) is -1.92. The molecule has 0 aromatic heterocycles. The van der Waals surface area contributed by atoms with E-state index in [1.165, 1.54) is 31.5 Å². The van der Waals surface area contributed by atoms with Gasteiger partial charge in [-0.3, -0.25) is 9.59 Å². The lowest BCUT2D eigenvalue weighted by atomic mass is 10.2. The summed E-state index contributed by atoms with van der Waals surface area (Å²) in [5, 5.41) is 6.08. The monoisotopic (exact) mass is 479 g/mol. The minimum absolute atomic E-state index is 0.201. The molecule has 10 heteroatoms. The highest BCUT2D eigenvalue weighted by Gasteiger charge is 2.15. The van der Waals surface area contributed by atoms with Crippen molar-refractivity contribution in [1.29, 1.82) is 0 Å². The van der Waals surface area contributed by atoms with Crippen molar-refractivity contribution in [3.63, 3.8) is 0 Å². The van der Waals surface area contributed by atoms with Crippen molar-refractivity contribution < 1.29 is 33.0 Å². The summed E-state index contributed by atoms with van der Waals surface area (Å²) in [6.07, 6.45) is 1.29. The molecule has 0 aliphatic carbocycles. The number of carbonyl (C=O) groups is 3. The quantitative estimate of drug-likeness (QED) is 0.168. The molecule has 0 radical (unpaired) electrons. The fourth-order valence-corrected chi connectivity index (χ4v) is 2.78. The van der Waals surface area contributed by atoms with E-state index in [1.807, 2.05) is 0 Å². The number of benzene rings is 3. The molecule has 9 nitrogen and oxygen atoms in total. The van der Waals surface area contributed by atoms with Crippen LogP contribution in [0.25, 0.3) is 0 Å². The number of amides is 2. The van der Waals surface area contributed by atoms with Gasteiger partial charge >= 0.3 is 17.8 Å². The second-order valence-corrected chi connectivity index (χ2v) is 6.92. The Bertz CT molecular complexity index is 1230. The number of anilines is 1. The summed E-state index contributed by atoms with van der Waals surface area (Å²) in [7, 11) is 1.53. The molecule has 0 unspecified atom stereocenters. The Morgan fingerprint density at radius 3 is 2.31 bits per heavy atom. The van der Waals surface area contributed by atoms with Gasteiger partial charge in [0.15, 0.2) is 11.5 Å². The Morgan fingerprint density at radius 1 is 0.943 bits per heavy atom.